The lowest BCUT2D eigenvalue weighted by Gasteiger charge is -2.04. The molecule has 12 heavy (non-hydrogen) atoms. The van der Waals surface area contributed by atoms with Crippen LogP contribution >= 0.6 is 46.6 Å². The topological polar surface area (TPSA) is 63.3 Å². The van der Waals surface area contributed by atoms with E-state index >= 15 is 0 Å². The van der Waals surface area contributed by atoms with Crippen LogP contribution in [0.2, 0.25) is 0 Å². The van der Waals surface area contributed by atoms with E-state index in [1.54, 1.807) is 0 Å². The number of nitrogens with two attached hydrogens (primary N) is 1. The van der Waals surface area contributed by atoms with E-state index in [0.717, 1.165) is 11.8 Å². The molecule has 0 saturated heterocycles. The second-order valence-corrected chi connectivity index (χ2v) is 4.37. The fraction of sp³-hybridized carbons (Fsp3) is 0.400. The molecular weight excluding hydrogens is 244 g/mol. The lowest BCUT2D eigenvalue weighted by Crippen LogP contribution is -2.32. The molecule has 0 aromatic rings. The van der Waals surface area contributed by atoms with Crippen molar-refractivity contribution in [2.75, 3.05) is 5.75 Å². The van der Waals surface area contributed by atoms with Crippen molar-refractivity contribution in [3.63, 3.8) is 0 Å². The Kier molecular flexibility index (Phi) is 6.13. The largest absolute Gasteiger partial charge is 0.480 e. The Morgan fingerprint density at radius 3 is 2.33 bits per heavy atom. The Hall–Kier alpha value is 0.390. The Labute approximate surface area is 88.8 Å². The number of hydrogen-bond donors (Lipinski definition) is 2. The highest BCUT2D eigenvalue weighted by atomic mass is 35.5. The number of carbonyl (C=O) groups is 1. The van der Waals surface area contributed by atoms with E-state index < -0.39 is 12.0 Å². The predicted molar refractivity (Wildman–Crippen MR) is 52.7 cm³/mol. The number of rotatable bonds is 4. The monoisotopic (exact) mass is 249 g/mol. The Balaban J connectivity index is 3.85. The van der Waals surface area contributed by atoms with Crippen molar-refractivity contribution < 1.29 is 9.90 Å². The summed E-state index contributed by atoms with van der Waals surface area (Å²) in [6.07, 6.45) is 0. The molecule has 0 aliphatic rings. The van der Waals surface area contributed by atoms with E-state index in [1.165, 1.54) is 0 Å². The first kappa shape index (κ1) is 12.4. The third kappa shape index (κ3) is 5.11. The van der Waals surface area contributed by atoms with E-state index in [0.29, 0.717) is 0 Å². The standard InChI is InChI=1S/C5H6Cl3NO2S/c6-3(7)4(8)12-1-2(9)5(10)11/h2H,1,9H2,(H,10,11)/t2-/m0/s1. The van der Waals surface area contributed by atoms with Gasteiger partial charge in [0.05, 0.1) is 0 Å². The molecule has 0 fully saturated rings. The molecule has 7 heteroatoms. The molecule has 3 nitrogen and oxygen atoms in total. The molecular formula is C5H6Cl3NO2S. The van der Waals surface area contributed by atoms with Crippen LogP contribution in [0.15, 0.2) is 8.86 Å². The lowest BCUT2D eigenvalue weighted by molar-refractivity contribution is -0.137. The fourth-order valence-corrected chi connectivity index (χ4v) is 1.38. The number of aliphatic carboxylic acids is 1. The van der Waals surface area contributed by atoms with Gasteiger partial charge in [-0.05, 0) is 0 Å². The van der Waals surface area contributed by atoms with Gasteiger partial charge in [0.25, 0.3) is 0 Å². The van der Waals surface area contributed by atoms with Crippen LogP contribution in [-0.4, -0.2) is 22.9 Å². The van der Waals surface area contributed by atoms with E-state index in [9.17, 15) is 4.79 Å². The molecule has 0 saturated carbocycles. The molecule has 0 spiro atoms. The Morgan fingerprint density at radius 2 is 2.00 bits per heavy atom. The maximum Gasteiger partial charge on any atom is 0.321 e. The average Bonchev–Trinajstić information content (AvgIpc) is 1.98. The van der Waals surface area contributed by atoms with Gasteiger partial charge in [-0.15, -0.1) is 11.8 Å². The van der Waals surface area contributed by atoms with Crippen LogP contribution in [0.1, 0.15) is 0 Å². The highest BCUT2D eigenvalue weighted by Gasteiger charge is 2.12. The fourth-order valence-electron chi connectivity index (χ4n) is 0.289. The van der Waals surface area contributed by atoms with Crippen molar-refractivity contribution in [1.29, 1.82) is 0 Å². The summed E-state index contributed by atoms with van der Waals surface area (Å²) in [7, 11) is 0. The summed E-state index contributed by atoms with van der Waals surface area (Å²) in [5.41, 5.74) is 5.18. The van der Waals surface area contributed by atoms with Crippen LogP contribution in [0.5, 0.6) is 0 Å². The van der Waals surface area contributed by atoms with Gasteiger partial charge < -0.3 is 10.8 Å². The molecule has 0 heterocycles. The van der Waals surface area contributed by atoms with E-state index in [-0.39, 0.29) is 14.6 Å². The summed E-state index contributed by atoms with van der Waals surface area (Å²) in [5.74, 6) is -0.949. The number of carboxylic acid groups (broad SMARTS) is 1. The van der Waals surface area contributed by atoms with Gasteiger partial charge in [-0.1, -0.05) is 34.8 Å². The highest BCUT2D eigenvalue weighted by molar-refractivity contribution is 8.04. The van der Waals surface area contributed by atoms with Crippen molar-refractivity contribution in [1.82, 2.24) is 0 Å². The summed E-state index contributed by atoms with van der Waals surface area (Å²) in [5, 5.41) is 8.37. The van der Waals surface area contributed by atoms with Crippen LogP contribution < -0.4 is 5.73 Å². The van der Waals surface area contributed by atoms with Gasteiger partial charge in [0, 0.05) is 5.75 Å². The third-order valence-corrected chi connectivity index (χ3v) is 3.15. The minimum Gasteiger partial charge on any atom is -0.480 e. The molecule has 0 aliphatic heterocycles. The third-order valence-electron chi connectivity index (χ3n) is 0.855. The zero-order chi connectivity index (χ0) is 9.72. The minimum atomic E-state index is -1.09. The summed E-state index contributed by atoms with van der Waals surface area (Å²) in [4.78, 5) is 10.2. The zero-order valence-electron chi connectivity index (χ0n) is 5.76. The van der Waals surface area contributed by atoms with Gasteiger partial charge in [-0.25, -0.2) is 0 Å². The van der Waals surface area contributed by atoms with Crippen molar-refractivity contribution in [3.05, 3.63) is 8.86 Å². The summed E-state index contributed by atoms with van der Waals surface area (Å²) in [6.45, 7) is 0. The number of carboxylic acids is 1. The molecule has 0 rings (SSSR count). The maximum absolute atomic E-state index is 10.2. The van der Waals surface area contributed by atoms with E-state index in [2.05, 4.69) is 0 Å². The molecule has 1 atom stereocenters. The minimum absolute atomic E-state index is 0.0840. The zero-order valence-corrected chi connectivity index (χ0v) is 8.84. The Morgan fingerprint density at radius 1 is 1.50 bits per heavy atom. The number of thioether (sulfide) groups is 1. The molecule has 0 amide bonds. The quantitative estimate of drug-likeness (QED) is 0.801. The van der Waals surface area contributed by atoms with Crippen molar-refractivity contribution >= 4 is 52.5 Å². The second kappa shape index (κ2) is 5.94. The van der Waals surface area contributed by atoms with Crippen molar-refractivity contribution in [2.45, 2.75) is 6.04 Å². The molecule has 3 N–H and O–H groups in total. The smallest absolute Gasteiger partial charge is 0.321 e. The molecule has 0 bridgehead atoms. The maximum atomic E-state index is 10.2. The van der Waals surface area contributed by atoms with Gasteiger partial charge in [0.2, 0.25) is 0 Å². The van der Waals surface area contributed by atoms with E-state index in [4.69, 9.17) is 45.6 Å². The second-order valence-electron chi connectivity index (χ2n) is 1.79. The van der Waals surface area contributed by atoms with Gasteiger partial charge in [0.1, 0.15) is 14.9 Å². The highest BCUT2D eigenvalue weighted by Crippen LogP contribution is 2.28. The summed E-state index contributed by atoms with van der Waals surface area (Å²) < 4.78 is 0.0642. The van der Waals surface area contributed by atoms with Crippen LogP contribution in [0.25, 0.3) is 0 Å². The van der Waals surface area contributed by atoms with Gasteiger partial charge >= 0.3 is 5.97 Å². The van der Waals surface area contributed by atoms with Crippen LogP contribution in [0, 0.1) is 0 Å². The lowest BCUT2D eigenvalue weighted by atomic mass is 10.4. The predicted octanol–water partition coefficient (Wildman–Crippen LogP) is 1.97. The molecule has 0 aromatic carbocycles. The van der Waals surface area contributed by atoms with Crippen molar-refractivity contribution in [2.24, 2.45) is 5.73 Å². The molecule has 0 radical (unpaired) electrons. The molecule has 0 unspecified atom stereocenters. The average molecular weight is 251 g/mol. The van der Waals surface area contributed by atoms with Crippen LogP contribution in [-0.2, 0) is 4.79 Å². The SMILES string of the molecule is N[C@@H](CSC(Cl)=C(Cl)Cl)C(=O)O. The normalized spacial score (nSPS) is 12.3. The molecule has 0 aliphatic carbocycles. The molecule has 0 aromatic heterocycles. The first-order valence-electron chi connectivity index (χ1n) is 2.77. The first-order chi connectivity index (χ1) is 5.45. The molecule has 70 valence electrons. The van der Waals surface area contributed by atoms with Gasteiger partial charge in [-0.2, -0.15) is 0 Å². The number of hydrogen-bond acceptors (Lipinski definition) is 3. The first-order valence-corrected chi connectivity index (χ1v) is 4.89. The van der Waals surface area contributed by atoms with Crippen molar-refractivity contribution in [3.8, 4) is 0 Å². The van der Waals surface area contributed by atoms with Gasteiger partial charge in [0.15, 0.2) is 0 Å². The van der Waals surface area contributed by atoms with Gasteiger partial charge in [-0.3, -0.25) is 4.79 Å². The number of halogens is 3. The van der Waals surface area contributed by atoms with Crippen LogP contribution in [0.4, 0.5) is 0 Å². The Bertz CT molecular complexity index is 205. The summed E-state index contributed by atoms with van der Waals surface area (Å²) >= 11 is 17.1. The summed E-state index contributed by atoms with van der Waals surface area (Å²) in [6, 6.07) is -0.962. The van der Waals surface area contributed by atoms with Crippen LogP contribution in [0.3, 0.4) is 0 Å². The van der Waals surface area contributed by atoms with E-state index in [1.807, 2.05) is 0 Å².